The lowest BCUT2D eigenvalue weighted by molar-refractivity contribution is -0.115. The van der Waals surface area contributed by atoms with E-state index in [1.165, 1.54) is 13.8 Å². The predicted molar refractivity (Wildman–Crippen MR) is 97.2 cm³/mol. The zero-order valence-electron chi connectivity index (χ0n) is 15.9. The van der Waals surface area contributed by atoms with Crippen LogP contribution in [0.1, 0.15) is 72.1 Å². The first-order valence-electron chi connectivity index (χ1n) is 7.99. The second-order valence-electron chi connectivity index (χ2n) is 8.21. The van der Waals surface area contributed by atoms with Crippen molar-refractivity contribution in [3.05, 3.63) is 22.8 Å². The van der Waals surface area contributed by atoms with Crippen LogP contribution < -0.4 is 10.6 Å². The third kappa shape index (κ3) is 4.57. The highest BCUT2D eigenvalue weighted by Gasteiger charge is 2.28. The Kier molecular flexibility index (Phi) is 5.30. The highest BCUT2D eigenvalue weighted by Crippen LogP contribution is 2.42. The van der Waals surface area contributed by atoms with Gasteiger partial charge in [-0.25, -0.2) is 0 Å². The molecule has 0 radical (unpaired) electrons. The Morgan fingerprint density at radius 2 is 1.09 bits per heavy atom. The molecule has 0 fully saturated rings. The maximum Gasteiger partial charge on any atom is 0.221 e. The summed E-state index contributed by atoms with van der Waals surface area (Å²) in [6, 6.07) is 2.11. The Morgan fingerprint density at radius 1 is 0.783 bits per heavy atom. The van der Waals surface area contributed by atoms with E-state index in [-0.39, 0.29) is 22.6 Å². The SMILES string of the molecule is CC(=O)Nc1c(C(C)(C)C)cc(C(C)(C)C)c(NC(C)=O)c1C. The van der Waals surface area contributed by atoms with Crippen LogP contribution in [0.5, 0.6) is 0 Å². The summed E-state index contributed by atoms with van der Waals surface area (Å²) in [7, 11) is 0. The predicted octanol–water partition coefficient (Wildman–Crippen LogP) is 4.51. The van der Waals surface area contributed by atoms with Crippen molar-refractivity contribution in [3.8, 4) is 0 Å². The van der Waals surface area contributed by atoms with Crippen LogP contribution in [0.25, 0.3) is 0 Å². The van der Waals surface area contributed by atoms with Crippen LogP contribution >= 0.6 is 0 Å². The summed E-state index contributed by atoms with van der Waals surface area (Å²) in [5, 5.41) is 5.90. The summed E-state index contributed by atoms with van der Waals surface area (Å²) in [6.07, 6.45) is 0. The minimum atomic E-state index is -0.128. The zero-order chi connectivity index (χ0) is 18.2. The van der Waals surface area contributed by atoms with Gasteiger partial charge in [-0.3, -0.25) is 9.59 Å². The Bertz CT molecular complexity index is 580. The fraction of sp³-hybridized carbons (Fsp3) is 0.579. The molecule has 0 heterocycles. The van der Waals surface area contributed by atoms with Crippen LogP contribution in [0, 0.1) is 6.92 Å². The van der Waals surface area contributed by atoms with Crippen LogP contribution in [0.15, 0.2) is 6.07 Å². The molecule has 23 heavy (non-hydrogen) atoms. The molecule has 0 aliphatic carbocycles. The number of anilines is 2. The fourth-order valence-electron chi connectivity index (χ4n) is 2.67. The molecule has 128 valence electrons. The van der Waals surface area contributed by atoms with E-state index in [1.54, 1.807) is 0 Å². The molecule has 0 spiro atoms. The molecule has 0 atom stereocenters. The molecule has 1 aromatic carbocycles. The highest BCUT2D eigenvalue weighted by atomic mass is 16.2. The van der Waals surface area contributed by atoms with Crippen LogP contribution in [-0.2, 0) is 20.4 Å². The van der Waals surface area contributed by atoms with Crippen LogP contribution in [-0.4, -0.2) is 11.8 Å². The monoisotopic (exact) mass is 318 g/mol. The van der Waals surface area contributed by atoms with Gasteiger partial charge < -0.3 is 10.6 Å². The first-order chi connectivity index (χ1) is 10.2. The van der Waals surface area contributed by atoms with Gasteiger partial charge in [0.25, 0.3) is 0 Å². The van der Waals surface area contributed by atoms with E-state index in [1.807, 2.05) is 6.92 Å². The lowest BCUT2D eigenvalue weighted by Crippen LogP contribution is -2.24. The molecule has 0 saturated carbocycles. The molecule has 4 heteroatoms. The van der Waals surface area contributed by atoms with Gasteiger partial charge in [-0.05, 0) is 34.4 Å². The van der Waals surface area contributed by atoms with E-state index in [0.717, 1.165) is 28.1 Å². The van der Waals surface area contributed by atoms with E-state index < -0.39 is 0 Å². The van der Waals surface area contributed by atoms with Crippen molar-refractivity contribution in [1.82, 2.24) is 0 Å². The molecule has 0 bridgehead atoms. The number of benzene rings is 1. The van der Waals surface area contributed by atoms with Crippen molar-refractivity contribution in [2.24, 2.45) is 0 Å². The lowest BCUT2D eigenvalue weighted by atomic mass is 9.77. The van der Waals surface area contributed by atoms with Crippen LogP contribution in [0.4, 0.5) is 11.4 Å². The van der Waals surface area contributed by atoms with E-state index in [0.29, 0.717) is 0 Å². The fourth-order valence-corrected chi connectivity index (χ4v) is 2.67. The Balaban J connectivity index is 3.82. The summed E-state index contributed by atoms with van der Waals surface area (Å²) in [6.45, 7) is 17.7. The molecule has 0 saturated heterocycles. The summed E-state index contributed by atoms with van der Waals surface area (Å²) in [5.41, 5.74) is 4.37. The first-order valence-corrected chi connectivity index (χ1v) is 7.99. The van der Waals surface area contributed by atoms with Gasteiger partial charge in [-0.15, -0.1) is 0 Å². The molecule has 1 aromatic rings. The van der Waals surface area contributed by atoms with Gasteiger partial charge in [0, 0.05) is 25.2 Å². The average molecular weight is 318 g/mol. The number of amides is 2. The molecule has 0 aliphatic rings. The molecule has 2 amide bonds. The van der Waals surface area contributed by atoms with E-state index in [4.69, 9.17) is 0 Å². The van der Waals surface area contributed by atoms with Gasteiger partial charge in [0.2, 0.25) is 11.8 Å². The van der Waals surface area contributed by atoms with Crippen molar-refractivity contribution in [1.29, 1.82) is 0 Å². The third-order valence-electron chi connectivity index (χ3n) is 3.80. The van der Waals surface area contributed by atoms with Gasteiger partial charge in [-0.1, -0.05) is 47.6 Å². The molecule has 0 aliphatic heterocycles. The molecule has 1 rings (SSSR count). The molecule has 4 nitrogen and oxygen atoms in total. The molecular formula is C19H30N2O2. The van der Waals surface area contributed by atoms with Gasteiger partial charge in [-0.2, -0.15) is 0 Å². The number of rotatable bonds is 2. The van der Waals surface area contributed by atoms with Crippen molar-refractivity contribution in [3.63, 3.8) is 0 Å². The second-order valence-corrected chi connectivity index (χ2v) is 8.21. The standard InChI is InChI=1S/C19H30N2O2/c1-11-16(20-12(2)22)14(18(4,5)6)10-15(19(7,8)9)17(11)21-13(3)23/h10H,1-9H3,(H,20,22)(H,21,23). The lowest BCUT2D eigenvalue weighted by Gasteiger charge is -2.32. The van der Waals surface area contributed by atoms with E-state index >= 15 is 0 Å². The number of nitrogens with one attached hydrogen (secondary N) is 2. The zero-order valence-corrected chi connectivity index (χ0v) is 15.9. The molecule has 2 N–H and O–H groups in total. The van der Waals surface area contributed by atoms with Crippen molar-refractivity contribution >= 4 is 23.2 Å². The second kappa shape index (κ2) is 6.34. The highest BCUT2D eigenvalue weighted by molar-refractivity contribution is 5.96. The van der Waals surface area contributed by atoms with Crippen molar-refractivity contribution < 1.29 is 9.59 Å². The summed E-state index contributed by atoms with van der Waals surface area (Å²) in [5.74, 6) is -0.230. The summed E-state index contributed by atoms with van der Waals surface area (Å²) in [4.78, 5) is 23.3. The average Bonchev–Trinajstić information content (AvgIpc) is 2.30. The maximum atomic E-state index is 11.7. The smallest absolute Gasteiger partial charge is 0.221 e. The topological polar surface area (TPSA) is 58.2 Å². The van der Waals surface area contributed by atoms with Crippen molar-refractivity contribution in [2.45, 2.75) is 73.1 Å². The number of hydrogen-bond acceptors (Lipinski definition) is 2. The molecule has 0 aromatic heterocycles. The minimum Gasteiger partial charge on any atom is -0.326 e. The summed E-state index contributed by atoms with van der Waals surface area (Å²) >= 11 is 0. The van der Waals surface area contributed by atoms with Gasteiger partial charge in [0.1, 0.15) is 0 Å². The number of carbonyl (C=O) groups is 2. The van der Waals surface area contributed by atoms with E-state index in [2.05, 4.69) is 58.2 Å². The largest absolute Gasteiger partial charge is 0.326 e. The Morgan fingerprint density at radius 3 is 1.30 bits per heavy atom. The number of hydrogen-bond donors (Lipinski definition) is 2. The minimum absolute atomic E-state index is 0.115. The number of carbonyl (C=O) groups excluding carboxylic acids is 2. The van der Waals surface area contributed by atoms with E-state index in [9.17, 15) is 9.59 Å². The third-order valence-corrected chi connectivity index (χ3v) is 3.80. The van der Waals surface area contributed by atoms with Crippen molar-refractivity contribution in [2.75, 3.05) is 10.6 Å². The van der Waals surface area contributed by atoms with Crippen LogP contribution in [0.3, 0.4) is 0 Å². The normalized spacial score (nSPS) is 12.0. The van der Waals surface area contributed by atoms with Gasteiger partial charge in [0.15, 0.2) is 0 Å². The van der Waals surface area contributed by atoms with Gasteiger partial charge >= 0.3 is 0 Å². The first kappa shape index (κ1) is 19.2. The summed E-state index contributed by atoms with van der Waals surface area (Å²) < 4.78 is 0. The Hall–Kier alpha value is -1.84. The molecular weight excluding hydrogens is 288 g/mol. The Labute approximate surface area is 140 Å². The maximum absolute atomic E-state index is 11.7. The quantitative estimate of drug-likeness (QED) is 0.843. The van der Waals surface area contributed by atoms with Crippen LogP contribution in [0.2, 0.25) is 0 Å². The van der Waals surface area contributed by atoms with Gasteiger partial charge in [0.05, 0.1) is 0 Å². The molecule has 0 unspecified atom stereocenters.